The number of hydrogen-bond donors (Lipinski definition) is 1. The fraction of sp³-hybridized carbons (Fsp3) is 0.136. The van der Waals surface area contributed by atoms with Crippen molar-refractivity contribution >= 4 is 22.4 Å². The highest BCUT2D eigenvalue weighted by atomic mass is 32.1. The van der Waals surface area contributed by atoms with Crippen molar-refractivity contribution in [1.29, 1.82) is 0 Å². The number of carbonyl (C=O) groups excluding carboxylic acids is 1. The predicted molar refractivity (Wildman–Crippen MR) is 113 cm³/mol. The van der Waals surface area contributed by atoms with E-state index >= 15 is 0 Å². The molecule has 1 N–H and O–H groups in total. The first-order chi connectivity index (χ1) is 13.6. The van der Waals surface area contributed by atoms with Gasteiger partial charge in [-0.05, 0) is 26.0 Å². The molecule has 2 aromatic carbocycles. The minimum atomic E-state index is -0.0900. The number of anilines is 1. The van der Waals surface area contributed by atoms with Crippen molar-refractivity contribution in [2.24, 2.45) is 0 Å². The Balaban J connectivity index is 1.49. The molecule has 5 nitrogen and oxygen atoms in total. The third-order valence-corrected chi connectivity index (χ3v) is 5.36. The van der Waals surface area contributed by atoms with Gasteiger partial charge in [0.25, 0.3) is 0 Å². The van der Waals surface area contributed by atoms with Crippen molar-refractivity contribution < 1.29 is 4.79 Å². The molecule has 0 radical (unpaired) electrons. The van der Waals surface area contributed by atoms with Gasteiger partial charge in [-0.2, -0.15) is 5.10 Å². The van der Waals surface area contributed by atoms with E-state index < -0.39 is 0 Å². The SMILES string of the molecule is Cc1nn(-c2ccccc2)c(C)c1CC(=O)Nc1nc(-c2ccccc2)cs1. The van der Waals surface area contributed by atoms with Gasteiger partial charge in [-0.3, -0.25) is 4.79 Å². The summed E-state index contributed by atoms with van der Waals surface area (Å²) < 4.78 is 1.88. The molecule has 140 valence electrons. The largest absolute Gasteiger partial charge is 0.302 e. The molecule has 0 saturated heterocycles. The molecule has 4 aromatic rings. The molecule has 0 unspecified atom stereocenters. The molecular weight excluding hydrogens is 368 g/mol. The van der Waals surface area contributed by atoms with Crippen LogP contribution in [0.5, 0.6) is 0 Å². The molecule has 0 bridgehead atoms. The van der Waals surface area contributed by atoms with E-state index in [-0.39, 0.29) is 12.3 Å². The average molecular weight is 388 g/mol. The maximum absolute atomic E-state index is 12.6. The second kappa shape index (κ2) is 7.78. The van der Waals surface area contributed by atoms with E-state index in [0.29, 0.717) is 5.13 Å². The van der Waals surface area contributed by atoms with Gasteiger partial charge in [0.2, 0.25) is 5.91 Å². The Labute approximate surface area is 167 Å². The van der Waals surface area contributed by atoms with Gasteiger partial charge in [-0.15, -0.1) is 11.3 Å². The first-order valence-corrected chi connectivity index (χ1v) is 9.91. The summed E-state index contributed by atoms with van der Waals surface area (Å²) in [5.74, 6) is -0.0900. The van der Waals surface area contributed by atoms with Crippen molar-refractivity contribution in [3.05, 3.63) is 83.0 Å². The van der Waals surface area contributed by atoms with Crippen LogP contribution in [0.25, 0.3) is 16.9 Å². The highest BCUT2D eigenvalue weighted by Crippen LogP contribution is 2.25. The molecule has 1 amide bonds. The van der Waals surface area contributed by atoms with E-state index in [0.717, 1.165) is 33.9 Å². The van der Waals surface area contributed by atoms with Crippen LogP contribution in [0.3, 0.4) is 0 Å². The van der Waals surface area contributed by atoms with Crippen LogP contribution in [0.4, 0.5) is 5.13 Å². The van der Waals surface area contributed by atoms with E-state index in [4.69, 9.17) is 0 Å². The van der Waals surface area contributed by atoms with Gasteiger partial charge >= 0.3 is 0 Å². The van der Waals surface area contributed by atoms with E-state index in [1.54, 1.807) is 0 Å². The molecule has 6 heteroatoms. The van der Waals surface area contributed by atoms with Crippen LogP contribution in [-0.4, -0.2) is 20.7 Å². The smallest absolute Gasteiger partial charge is 0.230 e. The first kappa shape index (κ1) is 18.1. The number of amides is 1. The number of para-hydroxylation sites is 1. The van der Waals surface area contributed by atoms with Crippen molar-refractivity contribution in [2.45, 2.75) is 20.3 Å². The van der Waals surface area contributed by atoms with Gasteiger partial charge < -0.3 is 5.32 Å². The average Bonchev–Trinajstić information content (AvgIpc) is 3.29. The van der Waals surface area contributed by atoms with Crippen molar-refractivity contribution in [3.63, 3.8) is 0 Å². The topological polar surface area (TPSA) is 59.8 Å². The van der Waals surface area contributed by atoms with Crippen molar-refractivity contribution in [3.8, 4) is 16.9 Å². The lowest BCUT2D eigenvalue weighted by Gasteiger charge is -2.05. The normalized spacial score (nSPS) is 10.8. The molecule has 0 spiro atoms. The van der Waals surface area contributed by atoms with Gasteiger partial charge in [0.1, 0.15) is 0 Å². The van der Waals surface area contributed by atoms with E-state index in [1.807, 2.05) is 84.6 Å². The summed E-state index contributed by atoms with van der Waals surface area (Å²) in [4.78, 5) is 17.1. The number of carbonyl (C=O) groups is 1. The fourth-order valence-corrected chi connectivity index (χ4v) is 3.88. The molecule has 0 aliphatic carbocycles. The summed E-state index contributed by atoms with van der Waals surface area (Å²) in [5, 5.41) is 10.1. The van der Waals surface area contributed by atoms with Gasteiger partial charge in [-0.1, -0.05) is 48.5 Å². The Morgan fingerprint density at radius 3 is 2.43 bits per heavy atom. The number of benzene rings is 2. The highest BCUT2D eigenvalue weighted by Gasteiger charge is 2.17. The molecule has 2 heterocycles. The van der Waals surface area contributed by atoms with Crippen LogP contribution in [0, 0.1) is 13.8 Å². The lowest BCUT2D eigenvalue weighted by atomic mass is 10.1. The van der Waals surface area contributed by atoms with Crippen LogP contribution >= 0.6 is 11.3 Å². The van der Waals surface area contributed by atoms with E-state index in [9.17, 15) is 4.79 Å². The maximum Gasteiger partial charge on any atom is 0.230 e. The number of nitrogens with zero attached hydrogens (tertiary/aromatic N) is 3. The molecule has 28 heavy (non-hydrogen) atoms. The molecule has 0 aliphatic rings. The van der Waals surface area contributed by atoms with Crippen LogP contribution in [-0.2, 0) is 11.2 Å². The number of rotatable bonds is 5. The Bertz CT molecular complexity index is 1100. The van der Waals surface area contributed by atoms with Crippen LogP contribution in [0.15, 0.2) is 66.0 Å². The standard InChI is InChI=1S/C22H20N4OS/c1-15-19(16(2)26(25-15)18-11-7-4-8-12-18)13-21(27)24-22-23-20(14-28-22)17-9-5-3-6-10-17/h3-12,14H,13H2,1-2H3,(H,23,24,27). The van der Waals surface area contributed by atoms with Crippen LogP contribution in [0.1, 0.15) is 17.0 Å². The quantitative estimate of drug-likeness (QED) is 0.534. The molecule has 4 rings (SSSR count). The number of aryl methyl sites for hydroxylation is 1. The lowest BCUT2D eigenvalue weighted by molar-refractivity contribution is -0.115. The maximum atomic E-state index is 12.6. The highest BCUT2D eigenvalue weighted by molar-refractivity contribution is 7.14. The Kier molecular flexibility index (Phi) is 5.04. The monoisotopic (exact) mass is 388 g/mol. The van der Waals surface area contributed by atoms with E-state index in [1.165, 1.54) is 11.3 Å². The molecule has 0 saturated carbocycles. The Morgan fingerprint density at radius 2 is 1.71 bits per heavy atom. The zero-order valence-electron chi connectivity index (χ0n) is 15.7. The number of aromatic nitrogens is 3. The molecular formula is C22H20N4OS. The summed E-state index contributed by atoms with van der Waals surface area (Å²) in [5.41, 5.74) is 5.67. The molecule has 0 atom stereocenters. The van der Waals surface area contributed by atoms with Gasteiger partial charge in [-0.25, -0.2) is 9.67 Å². The number of thiazole rings is 1. The van der Waals surface area contributed by atoms with Crippen molar-refractivity contribution in [2.75, 3.05) is 5.32 Å². The van der Waals surface area contributed by atoms with Gasteiger partial charge in [0, 0.05) is 22.2 Å². The van der Waals surface area contributed by atoms with Crippen LogP contribution in [0.2, 0.25) is 0 Å². The third-order valence-electron chi connectivity index (χ3n) is 4.60. The Morgan fingerprint density at radius 1 is 1.04 bits per heavy atom. The number of nitrogens with one attached hydrogen (secondary N) is 1. The zero-order valence-corrected chi connectivity index (χ0v) is 16.5. The number of hydrogen-bond acceptors (Lipinski definition) is 4. The van der Waals surface area contributed by atoms with Crippen molar-refractivity contribution in [1.82, 2.24) is 14.8 Å². The predicted octanol–water partition coefficient (Wildman–Crippen LogP) is 4.79. The summed E-state index contributed by atoms with van der Waals surface area (Å²) >= 11 is 1.43. The summed E-state index contributed by atoms with van der Waals surface area (Å²) in [6.07, 6.45) is 0.269. The minimum absolute atomic E-state index is 0.0900. The minimum Gasteiger partial charge on any atom is -0.302 e. The summed E-state index contributed by atoms with van der Waals surface area (Å²) in [6.45, 7) is 3.93. The van der Waals surface area contributed by atoms with E-state index in [2.05, 4.69) is 15.4 Å². The fourth-order valence-electron chi connectivity index (χ4n) is 3.15. The molecule has 0 fully saturated rings. The zero-order chi connectivity index (χ0) is 19.5. The third kappa shape index (κ3) is 3.73. The summed E-state index contributed by atoms with van der Waals surface area (Å²) in [7, 11) is 0. The second-order valence-corrected chi connectivity index (χ2v) is 7.38. The lowest BCUT2D eigenvalue weighted by Crippen LogP contribution is -2.15. The Hall–Kier alpha value is -3.25. The second-order valence-electron chi connectivity index (χ2n) is 6.53. The molecule has 0 aliphatic heterocycles. The first-order valence-electron chi connectivity index (χ1n) is 9.03. The molecule has 2 aromatic heterocycles. The van der Waals surface area contributed by atoms with Gasteiger partial charge in [0.05, 0.1) is 23.5 Å². The van der Waals surface area contributed by atoms with Gasteiger partial charge in [0.15, 0.2) is 5.13 Å². The van der Waals surface area contributed by atoms with Crippen LogP contribution < -0.4 is 5.32 Å². The summed E-state index contributed by atoms with van der Waals surface area (Å²) in [6, 6.07) is 19.9.